The standard InChI is InChI=1S/C20H19F2N3OS/c1-25-13-17(19(24-25)16-9-8-14(21)12-18(16)22)20(26)23-10-5-11-27-15-6-3-2-4-7-15/h2-4,6-9,12-13H,5,10-11H2,1H3,(H,23,26). The van der Waals surface area contributed by atoms with Crippen molar-refractivity contribution in [1.29, 1.82) is 0 Å². The molecule has 1 N–H and O–H groups in total. The summed E-state index contributed by atoms with van der Waals surface area (Å²) in [4.78, 5) is 13.7. The van der Waals surface area contributed by atoms with Gasteiger partial charge in [0, 0.05) is 36.3 Å². The molecule has 0 spiro atoms. The van der Waals surface area contributed by atoms with Crippen LogP contribution in [0.1, 0.15) is 16.8 Å². The van der Waals surface area contributed by atoms with E-state index in [1.54, 1.807) is 18.8 Å². The number of nitrogens with one attached hydrogen (secondary N) is 1. The van der Waals surface area contributed by atoms with E-state index in [0.717, 1.165) is 24.3 Å². The van der Waals surface area contributed by atoms with Gasteiger partial charge < -0.3 is 5.32 Å². The van der Waals surface area contributed by atoms with E-state index in [9.17, 15) is 13.6 Å². The minimum atomic E-state index is -0.748. The van der Waals surface area contributed by atoms with Crippen molar-refractivity contribution in [2.45, 2.75) is 11.3 Å². The van der Waals surface area contributed by atoms with Crippen molar-refractivity contribution in [3.63, 3.8) is 0 Å². The molecule has 1 amide bonds. The van der Waals surface area contributed by atoms with Crippen molar-refractivity contribution in [2.75, 3.05) is 12.3 Å². The summed E-state index contributed by atoms with van der Waals surface area (Å²) in [6.45, 7) is 0.499. The molecule has 0 radical (unpaired) electrons. The molecule has 1 heterocycles. The number of hydrogen-bond donors (Lipinski definition) is 1. The van der Waals surface area contributed by atoms with E-state index in [4.69, 9.17) is 0 Å². The molecule has 7 heteroatoms. The molecule has 3 rings (SSSR count). The van der Waals surface area contributed by atoms with Crippen LogP contribution in [0.5, 0.6) is 0 Å². The number of rotatable bonds is 7. The Labute approximate surface area is 160 Å². The molecule has 1 aromatic heterocycles. The third-order valence-electron chi connectivity index (χ3n) is 3.88. The van der Waals surface area contributed by atoms with Crippen LogP contribution in [0.2, 0.25) is 0 Å². The Morgan fingerprint density at radius 2 is 1.96 bits per heavy atom. The predicted octanol–water partition coefficient (Wildman–Crippen LogP) is 4.28. The van der Waals surface area contributed by atoms with E-state index in [1.807, 2.05) is 30.3 Å². The number of aromatic nitrogens is 2. The first-order chi connectivity index (χ1) is 13.0. The second-order valence-corrected chi connectivity index (χ2v) is 7.13. The first-order valence-electron chi connectivity index (χ1n) is 8.49. The molecule has 140 valence electrons. The lowest BCUT2D eigenvalue weighted by molar-refractivity contribution is 0.0954. The summed E-state index contributed by atoms with van der Waals surface area (Å²) in [6, 6.07) is 13.3. The summed E-state index contributed by atoms with van der Waals surface area (Å²) in [7, 11) is 1.65. The van der Waals surface area contributed by atoms with Crippen molar-refractivity contribution >= 4 is 17.7 Å². The van der Waals surface area contributed by atoms with Crippen LogP contribution in [0.25, 0.3) is 11.3 Å². The molecule has 2 aromatic carbocycles. The smallest absolute Gasteiger partial charge is 0.255 e. The number of nitrogens with zero attached hydrogens (tertiary/aromatic N) is 2. The number of carbonyl (C=O) groups excluding carboxylic acids is 1. The maximum absolute atomic E-state index is 14.1. The minimum absolute atomic E-state index is 0.0989. The van der Waals surface area contributed by atoms with Crippen molar-refractivity contribution in [1.82, 2.24) is 15.1 Å². The van der Waals surface area contributed by atoms with Crippen LogP contribution in [0.4, 0.5) is 8.78 Å². The van der Waals surface area contributed by atoms with E-state index in [0.29, 0.717) is 6.54 Å². The van der Waals surface area contributed by atoms with Crippen LogP contribution < -0.4 is 5.32 Å². The van der Waals surface area contributed by atoms with E-state index >= 15 is 0 Å². The van der Waals surface area contributed by atoms with E-state index in [2.05, 4.69) is 10.4 Å². The summed E-state index contributed by atoms with van der Waals surface area (Å²) in [5.41, 5.74) is 0.562. The first kappa shape index (κ1) is 19.1. The molecule has 3 aromatic rings. The molecular formula is C20H19F2N3OS. The van der Waals surface area contributed by atoms with Gasteiger partial charge in [0.1, 0.15) is 17.3 Å². The first-order valence-corrected chi connectivity index (χ1v) is 9.48. The SMILES string of the molecule is Cn1cc(C(=O)NCCCSc2ccccc2)c(-c2ccc(F)cc2F)n1. The highest BCUT2D eigenvalue weighted by molar-refractivity contribution is 7.99. The second kappa shape index (κ2) is 8.81. The Bertz CT molecular complexity index is 928. The summed E-state index contributed by atoms with van der Waals surface area (Å²) in [5, 5.41) is 7.00. The molecule has 0 unspecified atom stereocenters. The molecule has 0 bridgehead atoms. The summed E-state index contributed by atoms with van der Waals surface area (Å²) in [6.07, 6.45) is 2.33. The van der Waals surface area contributed by atoms with Crippen molar-refractivity contribution < 1.29 is 13.6 Å². The highest BCUT2D eigenvalue weighted by Crippen LogP contribution is 2.25. The highest BCUT2D eigenvalue weighted by atomic mass is 32.2. The van der Waals surface area contributed by atoms with Crippen LogP contribution in [-0.4, -0.2) is 28.0 Å². The quantitative estimate of drug-likeness (QED) is 0.486. The Balaban J connectivity index is 1.60. The van der Waals surface area contributed by atoms with Gasteiger partial charge in [-0.2, -0.15) is 5.10 Å². The molecule has 27 heavy (non-hydrogen) atoms. The number of hydrogen-bond acceptors (Lipinski definition) is 3. The maximum Gasteiger partial charge on any atom is 0.255 e. The van der Waals surface area contributed by atoms with Gasteiger partial charge in [0.25, 0.3) is 5.91 Å². The third kappa shape index (κ3) is 4.95. The van der Waals surface area contributed by atoms with Crippen LogP contribution in [0.15, 0.2) is 59.6 Å². The van der Waals surface area contributed by atoms with E-state index in [1.165, 1.54) is 21.8 Å². The normalized spacial score (nSPS) is 10.8. The molecule has 0 aliphatic rings. The fourth-order valence-electron chi connectivity index (χ4n) is 2.61. The van der Waals surface area contributed by atoms with Gasteiger partial charge in [-0.1, -0.05) is 18.2 Å². The van der Waals surface area contributed by atoms with Gasteiger partial charge in [-0.3, -0.25) is 9.48 Å². The topological polar surface area (TPSA) is 46.9 Å². The Hall–Kier alpha value is -2.67. The number of thioether (sulfide) groups is 1. The zero-order valence-corrected chi connectivity index (χ0v) is 15.6. The number of carbonyl (C=O) groups is 1. The molecule has 4 nitrogen and oxygen atoms in total. The number of benzene rings is 2. The van der Waals surface area contributed by atoms with Gasteiger partial charge >= 0.3 is 0 Å². The van der Waals surface area contributed by atoms with Crippen LogP contribution in [0.3, 0.4) is 0 Å². The van der Waals surface area contributed by atoms with Crippen LogP contribution >= 0.6 is 11.8 Å². The zero-order chi connectivity index (χ0) is 19.2. The van der Waals surface area contributed by atoms with Crippen molar-refractivity contribution in [2.24, 2.45) is 7.05 Å². The number of amides is 1. The Kier molecular flexibility index (Phi) is 6.24. The highest BCUT2D eigenvalue weighted by Gasteiger charge is 2.19. The summed E-state index contributed by atoms with van der Waals surface area (Å²) in [5.74, 6) is -0.876. The Morgan fingerprint density at radius 1 is 1.19 bits per heavy atom. The predicted molar refractivity (Wildman–Crippen MR) is 103 cm³/mol. The van der Waals surface area contributed by atoms with Gasteiger partial charge in [-0.05, 0) is 36.4 Å². The number of halogens is 2. The number of aryl methyl sites for hydroxylation is 1. The van der Waals surface area contributed by atoms with Gasteiger partial charge in [0.2, 0.25) is 0 Å². The monoisotopic (exact) mass is 387 g/mol. The molecule has 0 saturated carbocycles. The molecule has 0 atom stereocenters. The maximum atomic E-state index is 14.1. The summed E-state index contributed by atoms with van der Waals surface area (Å²) < 4.78 is 28.7. The minimum Gasteiger partial charge on any atom is -0.352 e. The zero-order valence-electron chi connectivity index (χ0n) is 14.8. The van der Waals surface area contributed by atoms with E-state index in [-0.39, 0.29) is 22.7 Å². The van der Waals surface area contributed by atoms with Crippen LogP contribution in [-0.2, 0) is 7.05 Å². The molecule has 0 fully saturated rings. The van der Waals surface area contributed by atoms with Gasteiger partial charge in [-0.25, -0.2) is 8.78 Å². The van der Waals surface area contributed by atoms with Crippen molar-refractivity contribution in [3.05, 3.63) is 71.9 Å². The average molecular weight is 387 g/mol. The lowest BCUT2D eigenvalue weighted by Gasteiger charge is -2.06. The fraction of sp³-hybridized carbons (Fsp3) is 0.200. The molecule has 0 aliphatic carbocycles. The summed E-state index contributed by atoms with van der Waals surface area (Å²) >= 11 is 1.72. The molecule has 0 saturated heterocycles. The van der Waals surface area contributed by atoms with Gasteiger partial charge in [-0.15, -0.1) is 11.8 Å². The average Bonchev–Trinajstić information content (AvgIpc) is 3.03. The third-order valence-corrected chi connectivity index (χ3v) is 4.98. The second-order valence-electron chi connectivity index (χ2n) is 5.96. The van der Waals surface area contributed by atoms with Crippen LogP contribution in [0, 0.1) is 11.6 Å². The Morgan fingerprint density at radius 3 is 2.70 bits per heavy atom. The largest absolute Gasteiger partial charge is 0.352 e. The fourth-order valence-corrected chi connectivity index (χ4v) is 3.49. The molecule has 0 aliphatic heterocycles. The van der Waals surface area contributed by atoms with Crippen molar-refractivity contribution in [3.8, 4) is 11.3 Å². The van der Waals surface area contributed by atoms with E-state index < -0.39 is 11.6 Å². The lowest BCUT2D eigenvalue weighted by atomic mass is 10.1. The molecular weight excluding hydrogens is 368 g/mol. The lowest BCUT2D eigenvalue weighted by Crippen LogP contribution is -2.25. The van der Waals surface area contributed by atoms with Gasteiger partial charge in [0.15, 0.2) is 0 Å². The van der Waals surface area contributed by atoms with Gasteiger partial charge in [0.05, 0.1) is 5.56 Å².